The zero-order chi connectivity index (χ0) is 17.3. The van der Waals surface area contributed by atoms with Crippen LogP contribution in [0.25, 0.3) is 0 Å². The summed E-state index contributed by atoms with van der Waals surface area (Å²) in [7, 11) is 3.33. The molecule has 0 amide bonds. The van der Waals surface area contributed by atoms with E-state index in [-0.39, 0.29) is 6.29 Å². The molecule has 0 spiro atoms. The quantitative estimate of drug-likeness (QED) is 0.368. The van der Waals surface area contributed by atoms with Gasteiger partial charge in [-0.05, 0) is 44.2 Å². The summed E-state index contributed by atoms with van der Waals surface area (Å²) >= 11 is 0. The molecular weight excluding hydrogens is 302 g/mol. The van der Waals surface area contributed by atoms with Gasteiger partial charge in [-0.25, -0.2) is 0 Å². The minimum Gasteiger partial charge on any atom is -0.381 e. The average molecular weight is 338 g/mol. The molecular formula is C20H35NO3. The molecule has 0 saturated heterocycles. The van der Waals surface area contributed by atoms with Crippen molar-refractivity contribution in [1.82, 2.24) is 5.32 Å². The number of unbranched alkanes of at least 4 members (excludes halogenated alkanes) is 4. The number of nitrogens with one attached hydrogen (secondary N) is 1. The Morgan fingerprint density at radius 2 is 1.50 bits per heavy atom. The molecule has 0 heterocycles. The molecule has 0 atom stereocenters. The van der Waals surface area contributed by atoms with Crippen LogP contribution in [-0.2, 0) is 20.6 Å². The maximum atomic E-state index is 5.71. The first-order chi connectivity index (χ1) is 11.9. The molecule has 4 nitrogen and oxygen atoms in total. The van der Waals surface area contributed by atoms with E-state index in [4.69, 9.17) is 14.2 Å². The van der Waals surface area contributed by atoms with Gasteiger partial charge in [0.1, 0.15) is 0 Å². The van der Waals surface area contributed by atoms with E-state index >= 15 is 0 Å². The molecule has 24 heavy (non-hydrogen) atoms. The van der Waals surface area contributed by atoms with Gasteiger partial charge >= 0.3 is 0 Å². The molecule has 1 N–H and O–H groups in total. The molecule has 1 rings (SSSR count). The SMILES string of the molecule is COC(CNCCCCCCOCCCCc1ccccc1)OC. The van der Waals surface area contributed by atoms with Gasteiger partial charge in [-0.15, -0.1) is 0 Å². The minimum atomic E-state index is -0.139. The molecule has 0 aliphatic heterocycles. The van der Waals surface area contributed by atoms with Crippen LogP contribution in [0, 0.1) is 0 Å². The maximum Gasteiger partial charge on any atom is 0.169 e. The third kappa shape index (κ3) is 11.6. The zero-order valence-electron chi connectivity index (χ0n) is 15.5. The van der Waals surface area contributed by atoms with Crippen LogP contribution < -0.4 is 5.32 Å². The zero-order valence-corrected chi connectivity index (χ0v) is 15.5. The average Bonchev–Trinajstić information content (AvgIpc) is 2.63. The first-order valence-corrected chi connectivity index (χ1v) is 9.24. The fourth-order valence-corrected chi connectivity index (χ4v) is 2.57. The molecule has 0 radical (unpaired) electrons. The topological polar surface area (TPSA) is 39.7 Å². The number of ether oxygens (including phenoxy) is 3. The van der Waals surface area contributed by atoms with E-state index < -0.39 is 0 Å². The van der Waals surface area contributed by atoms with Crippen LogP contribution in [0.15, 0.2) is 30.3 Å². The third-order valence-electron chi connectivity index (χ3n) is 4.08. The van der Waals surface area contributed by atoms with Crippen LogP contribution in [-0.4, -0.2) is 46.8 Å². The van der Waals surface area contributed by atoms with Crippen molar-refractivity contribution >= 4 is 0 Å². The van der Waals surface area contributed by atoms with Crippen LogP contribution >= 0.6 is 0 Å². The van der Waals surface area contributed by atoms with E-state index in [0.29, 0.717) is 0 Å². The third-order valence-corrected chi connectivity index (χ3v) is 4.08. The Kier molecular flexibility index (Phi) is 13.7. The van der Waals surface area contributed by atoms with Gasteiger partial charge in [0.2, 0.25) is 0 Å². The standard InChI is InChI=1S/C20H35NO3/c1-22-20(23-2)18-21-15-9-3-4-10-16-24-17-11-8-14-19-12-6-5-7-13-19/h5-7,12-13,20-21H,3-4,8-11,14-18H2,1-2H3. The molecule has 1 aromatic rings. The highest BCUT2D eigenvalue weighted by Gasteiger charge is 2.02. The fourth-order valence-electron chi connectivity index (χ4n) is 2.57. The van der Waals surface area contributed by atoms with Crippen molar-refractivity contribution in [2.45, 2.75) is 51.2 Å². The number of hydrogen-bond donors (Lipinski definition) is 1. The Morgan fingerprint density at radius 3 is 2.21 bits per heavy atom. The number of rotatable bonds is 16. The van der Waals surface area contributed by atoms with Gasteiger partial charge in [-0.3, -0.25) is 0 Å². The van der Waals surface area contributed by atoms with E-state index in [0.717, 1.165) is 45.6 Å². The van der Waals surface area contributed by atoms with Crippen molar-refractivity contribution in [3.05, 3.63) is 35.9 Å². The normalized spacial score (nSPS) is 11.3. The number of methoxy groups -OCH3 is 2. The van der Waals surface area contributed by atoms with Gasteiger partial charge in [0.25, 0.3) is 0 Å². The van der Waals surface area contributed by atoms with Gasteiger partial charge < -0.3 is 19.5 Å². The summed E-state index contributed by atoms with van der Waals surface area (Å²) in [4.78, 5) is 0. The van der Waals surface area contributed by atoms with Gasteiger partial charge in [-0.1, -0.05) is 43.2 Å². The Balaban J connectivity index is 1.76. The van der Waals surface area contributed by atoms with E-state index in [2.05, 4.69) is 35.6 Å². The van der Waals surface area contributed by atoms with Crippen LogP contribution in [0.2, 0.25) is 0 Å². The molecule has 0 aliphatic rings. The number of hydrogen-bond acceptors (Lipinski definition) is 4. The summed E-state index contributed by atoms with van der Waals surface area (Å²) in [6, 6.07) is 10.7. The van der Waals surface area contributed by atoms with Crippen molar-refractivity contribution < 1.29 is 14.2 Å². The molecule has 0 aromatic heterocycles. The lowest BCUT2D eigenvalue weighted by atomic mass is 10.1. The van der Waals surface area contributed by atoms with Crippen molar-refractivity contribution in [2.75, 3.05) is 40.5 Å². The summed E-state index contributed by atoms with van der Waals surface area (Å²) in [5.74, 6) is 0. The summed E-state index contributed by atoms with van der Waals surface area (Å²) < 4.78 is 16.0. The lowest BCUT2D eigenvalue weighted by molar-refractivity contribution is -0.0986. The predicted molar refractivity (Wildman–Crippen MR) is 99.3 cm³/mol. The van der Waals surface area contributed by atoms with E-state index in [9.17, 15) is 0 Å². The highest BCUT2D eigenvalue weighted by molar-refractivity contribution is 5.14. The maximum absolute atomic E-state index is 5.71. The smallest absolute Gasteiger partial charge is 0.169 e. The predicted octanol–water partition coefficient (Wildman–Crippen LogP) is 3.79. The molecule has 0 bridgehead atoms. The molecule has 0 aliphatic carbocycles. The van der Waals surface area contributed by atoms with Gasteiger partial charge in [-0.2, -0.15) is 0 Å². The van der Waals surface area contributed by atoms with Crippen LogP contribution in [0.5, 0.6) is 0 Å². The van der Waals surface area contributed by atoms with Crippen molar-refractivity contribution in [2.24, 2.45) is 0 Å². The minimum absolute atomic E-state index is 0.139. The second-order valence-corrected chi connectivity index (χ2v) is 6.07. The Labute approximate surface area is 147 Å². The summed E-state index contributed by atoms with van der Waals surface area (Å²) in [5, 5.41) is 3.34. The lowest BCUT2D eigenvalue weighted by Gasteiger charge is -2.13. The summed E-state index contributed by atoms with van der Waals surface area (Å²) in [6.45, 7) is 3.56. The highest BCUT2D eigenvalue weighted by Crippen LogP contribution is 2.05. The van der Waals surface area contributed by atoms with Crippen molar-refractivity contribution in [3.8, 4) is 0 Å². The molecule has 138 valence electrons. The number of benzene rings is 1. The summed E-state index contributed by atoms with van der Waals surface area (Å²) in [5.41, 5.74) is 1.42. The monoisotopic (exact) mass is 337 g/mol. The van der Waals surface area contributed by atoms with Gasteiger partial charge in [0.15, 0.2) is 6.29 Å². The van der Waals surface area contributed by atoms with Crippen LogP contribution in [0.3, 0.4) is 0 Å². The lowest BCUT2D eigenvalue weighted by Crippen LogP contribution is -2.30. The van der Waals surface area contributed by atoms with Gasteiger partial charge in [0, 0.05) is 34.0 Å². The number of aryl methyl sites for hydroxylation is 1. The van der Waals surface area contributed by atoms with Crippen LogP contribution in [0.1, 0.15) is 44.1 Å². The molecule has 0 fully saturated rings. The largest absolute Gasteiger partial charge is 0.381 e. The second-order valence-electron chi connectivity index (χ2n) is 6.07. The molecule has 0 unspecified atom stereocenters. The Bertz CT molecular complexity index is 368. The fraction of sp³-hybridized carbons (Fsp3) is 0.700. The first kappa shape index (κ1) is 21.1. The molecule has 0 saturated carbocycles. The molecule has 4 heteroatoms. The van der Waals surface area contributed by atoms with Crippen molar-refractivity contribution in [1.29, 1.82) is 0 Å². The van der Waals surface area contributed by atoms with E-state index in [1.807, 2.05) is 0 Å². The second kappa shape index (κ2) is 15.6. The first-order valence-electron chi connectivity index (χ1n) is 9.24. The summed E-state index contributed by atoms with van der Waals surface area (Å²) in [6.07, 6.45) is 8.22. The Morgan fingerprint density at radius 1 is 0.833 bits per heavy atom. The van der Waals surface area contributed by atoms with Crippen LogP contribution in [0.4, 0.5) is 0 Å². The highest BCUT2D eigenvalue weighted by atomic mass is 16.7. The Hall–Kier alpha value is -0.940. The molecule has 1 aromatic carbocycles. The van der Waals surface area contributed by atoms with Crippen molar-refractivity contribution in [3.63, 3.8) is 0 Å². The van der Waals surface area contributed by atoms with E-state index in [1.165, 1.54) is 31.2 Å². The van der Waals surface area contributed by atoms with E-state index in [1.54, 1.807) is 14.2 Å². The van der Waals surface area contributed by atoms with Gasteiger partial charge in [0.05, 0.1) is 0 Å².